The Morgan fingerprint density at radius 3 is 2.62 bits per heavy atom. The summed E-state index contributed by atoms with van der Waals surface area (Å²) >= 11 is 0. The van der Waals surface area contributed by atoms with Crippen LogP contribution in [0.1, 0.15) is 42.3 Å². The first-order valence-corrected chi connectivity index (χ1v) is 5.87. The zero-order chi connectivity index (χ0) is 11.5. The van der Waals surface area contributed by atoms with Crippen LogP contribution in [0.5, 0.6) is 5.88 Å². The molecule has 1 aliphatic carbocycles. The number of aromatic nitrogens is 2. The number of hydrogen-bond donors (Lipinski definition) is 1. The van der Waals surface area contributed by atoms with Gasteiger partial charge in [-0.05, 0) is 32.7 Å². The Morgan fingerprint density at radius 1 is 1.38 bits per heavy atom. The van der Waals surface area contributed by atoms with Gasteiger partial charge < -0.3 is 10.5 Å². The third-order valence-electron chi connectivity index (χ3n) is 3.19. The van der Waals surface area contributed by atoms with Crippen molar-refractivity contribution in [3.8, 4) is 5.88 Å². The number of nitrogens with zero attached hydrogens (tertiary/aromatic N) is 2. The first kappa shape index (κ1) is 11.3. The minimum atomic E-state index is 0.595. The number of aryl methyl sites for hydroxylation is 1. The molecule has 4 heteroatoms. The molecule has 2 N–H and O–H groups in total. The van der Waals surface area contributed by atoms with Crippen LogP contribution in [0.3, 0.4) is 0 Å². The molecule has 0 amide bonds. The molecule has 4 nitrogen and oxygen atoms in total. The molecule has 0 bridgehead atoms. The number of methoxy groups -OCH3 is 1. The lowest BCUT2D eigenvalue weighted by Crippen LogP contribution is -2.17. The quantitative estimate of drug-likeness (QED) is 0.838. The summed E-state index contributed by atoms with van der Waals surface area (Å²) < 4.78 is 5.33. The van der Waals surface area contributed by atoms with Crippen molar-refractivity contribution in [1.82, 2.24) is 9.97 Å². The molecule has 1 saturated carbocycles. The maximum Gasteiger partial charge on any atom is 0.219 e. The van der Waals surface area contributed by atoms with Crippen LogP contribution in [0.2, 0.25) is 0 Å². The summed E-state index contributed by atoms with van der Waals surface area (Å²) in [5.74, 6) is 2.09. The van der Waals surface area contributed by atoms with Gasteiger partial charge in [-0.2, -0.15) is 4.98 Å². The van der Waals surface area contributed by atoms with Gasteiger partial charge in [-0.1, -0.05) is 6.42 Å². The predicted molar refractivity (Wildman–Crippen MR) is 62.7 cm³/mol. The largest absolute Gasteiger partial charge is 0.481 e. The average Bonchev–Trinajstić information content (AvgIpc) is 2.19. The molecule has 16 heavy (non-hydrogen) atoms. The highest BCUT2D eigenvalue weighted by Crippen LogP contribution is 2.38. The molecule has 1 aliphatic rings. The van der Waals surface area contributed by atoms with Gasteiger partial charge in [0.05, 0.1) is 12.8 Å². The van der Waals surface area contributed by atoms with E-state index in [0.29, 0.717) is 18.3 Å². The van der Waals surface area contributed by atoms with Gasteiger partial charge in [0.2, 0.25) is 5.88 Å². The Kier molecular flexibility index (Phi) is 3.39. The molecule has 2 rings (SSSR count). The lowest BCUT2D eigenvalue weighted by molar-refractivity contribution is 0.374. The number of ether oxygens (including phenoxy) is 1. The summed E-state index contributed by atoms with van der Waals surface area (Å²) in [5, 5.41) is 0. The molecule has 0 aliphatic heterocycles. The fourth-order valence-electron chi connectivity index (χ4n) is 2.16. The van der Waals surface area contributed by atoms with Gasteiger partial charge in [0.25, 0.3) is 0 Å². The molecule has 0 aromatic carbocycles. The SMILES string of the molecule is COc1nc(C)nc(C2CCC2)c1CCN. The molecule has 0 radical (unpaired) electrons. The van der Waals surface area contributed by atoms with Crippen LogP contribution in [-0.2, 0) is 6.42 Å². The monoisotopic (exact) mass is 221 g/mol. The Hall–Kier alpha value is -1.16. The second kappa shape index (κ2) is 4.78. The van der Waals surface area contributed by atoms with E-state index in [1.807, 2.05) is 6.92 Å². The van der Waals surface area contributed by atoms with Crippen molar-refractivity contribution in [2.24, 2.45) is 5.73 Å². The summed E-state index contributed by atoms with van der Waals surface area (Å²) in [6, 6.07) is 0. The minimum Gasteiger partial charge on any atom is -0.481 e. The first-order valence-electron chi connectivity index (χ1n) is 5.87. The van der Waals surface area contributed by atoms with Crippen molar-refractivity contribution < 1.29 is 4.74 Å². The van der Waals surface area contributed by atoms with E-state index in [-0.39, 0.29) is 0 Å². The predicted octanol–water partition coefficient (Wildman–Crippen LogP) is 1.56. The van der Waals surface area contributed by atoms with Crippen molar-refractivity contribution >= 4 is 0 Å². The fourth-order valence-corrected chi connectivity index (χ4v) is 2.16. The maximum absolute atomic E-state index is 5.64. The van der Waals surface area contributed by atoms with Gasteiger partial charge in [-0.15, -0.1) is 0 Å². The smallest absolute Gasteiger partial charge is 0.219 e. The van der Waals surface area contributed by atoms with Crippen molar-refractivity contribution in [2.75, 3.05) is 13.7 Å². The van der Waals surface area contributed by atoms with Crippen LogP contribution in [0, 0.1) is 6.92 Å². The van der Waals surface area contributed by atoms with Gasteiger partial charge in [-0.3, -0.25) is 0 Å². The van der Waals surface area contributed by atoms with Crippen molar-refractivity contribution in [2.45, 2.75) is 38.5 Å². The summed E-state index contributed by atoms with van der Waals surface area (Å²) in [5.41, 5.74) is 7.92. The molecule has 1 aromatic rings. The van der Waals surface area contributed by atoms with Crippen LogP contribution in [0.4, 0.5) is 0 Å². The zero-order valence-electron chi connectivity index (χ0n) is 9.99. The lowest BCUT2D eigenvalue weighted by atomic mass is 9.80. The third kappa shape index (κ3) is 2.02. The van der Waals surface area contributed by atoms with Crippen LogP contribution < -0.4 is 10.5 Å². The highest BCUT2D eigenvalue weighted by Gasteiger charge is 2.26. The van der Waals surface area contributed by atoms with E-state index >= 15 is 0 Å². The summed E-state index contributed by atoms with van der Waals surface area (Å²) in [6.07, 6.45) is 4.57. The molecule has 0 spiro atoms. The number of hydrogen-bond acceptors (Lipinski definition) is 4. The van der Waals surface area contributed by atoms with Crippen molar-refractivity contribution in [3.63, 3.8) is 0 Å². The second-order valence-corrected chi connectivity index (χ2v) is 4.31. The van der Waals surface area contributed by atoms with E-state index in [9.17, 15) is 0 Å². The van der Waals surface area contributed by atoms with E-state index in [2.05, 4.69) is 9.97 Å². The molecular formula is C12H19N3O. The Labute approximate surface area is 96.2 Å². The van der Waals surface area contributed by atoms with Crippen molar-refractivity contribution in [1.29, 1.82) is 0 Å². The number of rotatable bonds is 4. The Bertz CT molecular complexity index is 375. The summed E-state index contributed by atoms with van der Waals surface area (Å²) in [6.45, 7) is 2.53. The molecule has 1 aromatic heterocycles. The maximum atomic E-state index is 5.64. The van der Waals surface area contributed by atoms with E-state index in [1.54, 1.807) is 7.11 Å². The van der Waals surface area contributed by atoms with E-state index in [4.69, 9.17) is 10.5 Å². The van der Waals surface area contributed by atoms with Crippen molar-refractivity contribution in [3.05, 3.63) is 17.1 Å². The molecule has 0 atom stereocenters. The van der Waals surface area contributed by atoms with E-state index in [0.717, 1.165) is 17.8 Å². The Balaban J connectivity index is 2.41. The molecule has 1 heterocycles. The highest BCUT2D eigenvalue weighted by molar-refractivity contribution is 5.34. The third-order valence-corrected chi connectivity index (χ3v) is 3.19. The first-order chi connectivity index (χ1) is 7.76. The van der Waals surface area contributed by atoms with Crippen LogP contribution >= 0.6 is 0 Å². The molecule has 0 saturated heterocycles. The number of nitrogens with two attached hydrogens (primary N) is 1. The Morgan fingerprint density at radius 2 is 2.12 bits per heavy atom. The zero-order valence-corrected chi connectivity index (χ0v) is 9.99. The average molecular weight is 221 g/mol. The summed E-state index contributed by atoms with van der Waals surface area (Å²) in [4.78, 5) is 8.90. The van der Waals surface area contributed by atoms with Crippen LogP contribution in [0.15, 0.2) is 0 Å². The van der Waals surface area contributed by atoms with Gasteiger partial charge in [0, 0.05) is 11.5 Å². The lowest BCUT2D eigenvalue weighted by Gasteiger charge is -2.27. The van der Waals surface area contributed by atoms with E-state index < -0.39 is 0 Å². The molecule has 0 unspecified atom stereocenters. The van der Waals surface area contributed by atoms with E-state index in [1.165, 1.54) is 25.0 Å². The fraction of sp³-hybridized carbons (Fsp3) is 0.667. The molecular weight excluding hydrogens is 202 g/mol. The van der Waals surface area contributed by atoms with Gasteiger partial charge in [-0.25, -0.2) is 4.98 Å². The second-order valence-electron chi connectivity index (χ2n) is 4.31. The standard InChI is InChI=1S/C12H19N3O/c1-8-14-11(9-4-3-5-9)10(6-7-13)12(15-8)16-2/h9H,3-7,13H2,1-2H3. The molecule has 1 fully saturated rings. The minimum absolute atomic E-state index is 0.595. The highest BCUT2D eigenvalue weighted by atomic mass is 16.5. The summed E-state index contributed by atoms with van der Waals surface area (Å²) in [7, 11) is 1.66. The normalized spacial score (nSPS) is 15.9. The van der Waals surface area contributed by atoms with Crippen LogP contribution in [0.25, 0.3) is 0 Å². The van der Waals surface area contributed by atoms with Gasteiger partial charge >= 0.3 is 0 Å². The van der Waals surface area contributed by atoms with Crippen LogP contribution in [-0.4, -0.2) is 23.6 Å². The molecule has 88 valence electrons. The van der Waals surface area contributed by atoms with Gasteiger partial charge in [0.1, 0.15) is 5.82 Å². The van der Waals surface area contributed by atoms with Gasteiger partial charge in [0.15, 0.2) is 0 Å². The topological polar surface area (TPSA) is 61.0 Å².